The van der Waals surface area contributed by atoms with E-state index in [4.69, 9.17) is 4.42 Å². The Balaban J connectivity index is 1.55. The summed E-state index contributed by atoms with van der Waals surface area (Å²) in [7, 11) is -3.50. The smallest absolute Gasteiger partial charge is 0.335 e. The summed E-state index contributed by atoms with van der Waals surface area (Å²) in [5.41, 5.74) is 2.26. The number of carbonyl (C=O) groups excluding carboxylic acids is 1. The van der Waals surface area contributed by atoms with Crippen LogP contribution in [-0.2, 0) is 14.6 Å². The highest BCUT2D eigenvalue weighted by molar-refractivity contribution is 7.90. The normalized spacial score (nSPS) is 16.2. The summed E-state index contributed by atoms with van der Waals surface area (Å²) in [6.45, 7) is 5.43. The molecule has 1 aliphatic rings. The van der Waals surface area contributed by atoms with Crippen LogP contribution in [-0.4, -0.2) is 48.8 Å². The number of carbonyl (C=O) groups is 1. The molecule has 28 heavy (non-hydrogen) atoms. The number of aromatic nitrogens is 2. The van der Waals surface area contributed by atoms with Crippen LogP contribution >= 0.6 is 0 Å². The summed E-state index contributed by atoms with van der Waals surface area (Å²) >= 11 is 0. The van der Waals surface area contributed by atoms with E-state index in [-0.39, 0.29) is 17.0 Å². The Morgan fingerprint density at radius 2 is 1.82 bits per heavy atom. The van der Waals surface area contributed by atoms with Crippen molar-refractivity contribution in [3.8, 4) is 0 Å². The number of hydrogen-bond donors (Lipinski definition) is 0. The number of nitrogens with zero attached hydrogens (tertiary/aromatic N) is 3. The third kappa shape index (κ3) is 4.86. The largest absolute Gasteiger partial charge is 0.412 e. The van der Waals surface area contributed by atoms with E-state index in [1.165, 1.54) is 5.56 Å². The first-order valence-corrected chi connectivity index (χ1v) is 11.2. The van der Waals surface area contributed by atoms with Crippen molar-refractivity contribution in [3.05, 3.63) is 47.4 Å². The van der Waals surface area contributed by atoms with Crippen LogP contribution in [0.3, 0.4) is 0 Å². The van der Waals surface area contributed by atoms with E-state index in [0.29, 0.717) is 37.7 Å². The van der Waals surface area contributed by atoms with Gasteiger partial charge >= 0.3 is 5.22 Å². The molecule has 0 N–H and O–H groups in total. The van der Waals surface area contributed by atoms with Crippen LogP contribution in [0.2, 0.25) is 0 Å². The Morgan fingerprint density at radius 1 is 1.18 bits per heavy atom. The molecule has 1 aromatic heterocycles. The summed E-state index contributed by atoms with van der Waals surface area (Å²) < 4.78 is 28.2. The van der Waals surface area contributed by atoms with Crippen LogP contribution in [0.4, 0.5) is 0 Å². The van der Waals surface area contributed by atoms with Gasteiger partial charge in [0.15, 0.2) is 0 Å². The highest BCUT2D eigenvalue weighted by atomic mass is 32.2. The second-order valence-corrected chi connectivity index (χ2v) is 9.33. The van der Waals surface area contributed by atoms with Crippen LogP contribution < -0.4 is 0 Å². The standard InChI is InChI=1S/C20H25N3O4S/c1-14(2)16-7-4-15(5-8-16)6-9-18(24)23-12-10-17(11-13-23)19-21-22-20(27-19)28(3,25)26/h4-9,14,17H,10-13H2,1-3H3/b9-6+. The molecule has 0 saturated carbocycles. The van der Waals surface area contributed by atoms with Crippen molar-refractivity contribution < 1.29 is 17.6 Å². The molecule has 0 atom stereocenters. The van der Waals surface area contributed by atoms with E-state index in [1.54, 1.807) is 11.0 Å². The van der Waals surface area contributed by atoms with Gasteiger partial charge in [0.25, 0.3) is 0 Å². The highest BCUT2D eigenvalue weighted by Crippen LogP contribution is 2.28. The Hall–Kier alpha value is -2.48. The number of hydrogen-bond acceptors (Lipinski definition) is 6. The fraction of sp³-hybridized carbons (Fsp3) is 0.450. The van der Waals surface area contributed by atoms with Gasteiger partial charge in [-0.15, -0.1) is 5.10 Å². The van der Waals surface area contributed by atoms with Crippen LogP contribution in [0.25, 0.3) is 6.08 Å². The van der Waals surface area contributed by atoms with Crippen molar-refractivity contribution >= 4 is 21.8 Å². The zero-order valence-corrected chi connectivity index (χ0v) is 17.1. The second-order valence-electron chi connectivity index (χ2n) is 7.43. The number of benzene rings is 1. The molecule has 2 heterocycles. The summed E-state index contributed by atoms with van der Waals surface area (Å²) in [6, 6.07) is 8.19. The van der Waals surface area contributed by atoms with E-state index in [2.05, 4.69) is 36.2 Å². The van der Waals surface area contributed by atoms with Crippen molar-refractivity contribution in [2.75, 3.05) is 19.3 Å². The van der Waals surface area contributed by atoms with Gasteiger partial charge in [0.2, 0.25) is 21.6 Å². The van der Waals surface area contributed by atoms with Gasteiger partial charge in [-0.2, -0.15) is 0 Å². The predicted octanol–water partition coefficient (Wildman–Crippen LogP) is 3.02. The minimum absolute atomic E-state index is 0.0281. The first kappa shape index (κ1) is 20.3. The summed E-state index contributed by atoms with van der Waals surface area (Å²) in [4.78, 5) is 14.2. The zero-order chi connectivity index (χ0) is 20.3. The number of piperidine rings is 1. The average Bonchev–Trinajstić information content (AvgIpc) is 3.17. The van der Waals surface area contributed by atoms with E-state index in [1.807, 2.05) is 18.2 Å². The SMILES string of the molecule is CC(C)c1ccc(/C=C/C(=O)N2CCC(c3nnc(S(C)(=O)=O)o3)CC2)cc1. The second kappa shape index (κ2) is 8.26. The predicted molar refractivity (Wildman–Crippen MR) is 106 cm³/mol. The number of rotatable bonds is 5. The fourth-order valence-electron chi connectivity index (χ4n) is 3.15. The van der Waals surface area contributed by atoms with Crippen LogP contribution in [0.5, 0.6) is 0 Å². The molecule has 1 amide bonds. The Bertz CT molecular complexity index is 954. The van der Waals surface area contributed by atoms with Crippen LogP contribution in [0, 0.1) is 0 Å². The van der Waals surface area contributed by atoms with Gasteiger partial charge in [-0.3, -0.25) is 4.79 Å². The van der Waals surface area contributed by atoms with Gasteiger partial charge in [-0.05, 0) is 36.0 Å². The molecular weight excluding hydrogens is 378 g/mol. The van der Waals surface area contributed by atoms with Gasteiger partial charge in [-0.1, -0.05) is 43.2 Å². The van der Waals surface area contributed by atoms with E-state index >= 15 is 0 Å². The average molecular weight is 404 g/mol. The first-order chi connectivity index (χ1) is 13.2. The number of amides is 1. The molecule has 3 rings (SSSR count). The van der Waals surface area contributed by atoms with E-state index in [0.717, 1.165) is 11.8 Å². The van der Waals surface area contributed by atoms with Crippen molar-refractivity contribution in [2.24, 2.45) is 0 Å². The first-order valence-electron chi connectivity index (χ1n) is 9.34. The number of sulfone groups is 1. The monoisotopic (exact) mass is 403 g/mol. The Kier molecular flexibility index (Phi) is 5.98. The molecule has 1 saturated heterocycles. The molecule has 1 aromatic carbocycles. The quantitative estimate of drug-likeness (QED) is 0.713. The molecule has 1 fully saturated rings. The highest BCUT2D eigenvalue weighted by Gasteiger charge is 2.28. The minimum Gasteiger partial charge on any atom is -0.412 e. The Morgan fingerprint density at radius 3 is 2.36 bits per heavy atom. The molecule has 0 radical (unpaired) electrons. The lowest BCUT2D eigenvalue weighted by Crippen LogP contribution is -2.36. The lowest BCUT2D eigenvalue weighted by Gasteiger charge is -2.29. The van der Waals surface area contributed by atoms with Crippen molar-refractivity contribution in [2.45, 2.75) is 43.7 Å². The van der Waals surface area contributed by atoms with E-state index in [9.17, 15) is 13.2 Å². The van der Waals surface area contributed by atoms with Gasteiger partial charge in [-0.25, -0.2) is 8.42 Å². The molecule has 0 spiro atoms. The maximum Gasteiger partial charge on any atom is 0.335 e. The van der Waals surface area contributed by atoms with Gasteiger partial charge in [0.05, 0.1) is 0 Å². The zero-order valence-electron chi connectivity index (χ0n) is 16.3. The molecule has 150 valence electrons. The third-order valence-electron chi connectivity index (χ3n) is 4.92. The molecular formula is C20H25N3O4S. The van der Waals surface area contributed by atoms with Crippen molar-refractivity contribution in [1.29, 1.82) is 0 Å². The van der Waals surface area contributed by atoms with Gasteiger partial charge < -0.3 is 9.32 Å². The van der Waals surface area contributed by atoms with Crippen molar-refractivity contribution in [3.63, 3.8) is 0 Å². The molecule has 2 aromatic rings. The van der Waals surface area contributed by atoms with E-state index < -0.39 is 9.84 Å². The fourth-order valence-corrected chi connectivity index (χ4v) is 3.57. The van der Waals surface area contributed by atoms with Gasteiger partial charge in [0, 0.05) is 31.3 Å². The van der Waals surface area contributed by atoms with Crippen molar-refractivity contribution in [1.82, 2.24) is 15.1 Å². The minimum atomic E-state index is -3.50. The topological polar surface area (TPSA) is 93.4 Å². The maximum atomic E-state index is 12.4. The molecule has 0 bridgehead atoms. The van der Waals surface area contributed by atoms with Gasteiger partial charge in [0.1, 0.15) is 0 Å². The third-order valence-corrected chi connectivity index (χ3v) is 5.72. The molecule has 0 aliphatic carbocycles. The summed E-state index contributed by atoms with van der Waals surface area (Å²) in [5, 5.41) is 7.10. The molecule has 7 nitrogen and oxygen atoms in total. The Labute approximate surface area is 165 Å². The lowest BCUT2D eigenvalue weighted by molar-refractivity contribution is -0.127. The number of likely N-dealkylation sites (tertiary alicyclic amines) is 1. The molecule has 8 heteroatoms. The lowest BCUT2D eigenvalue weighted by atomic mass is 9.97. The maximum absolute atomic E-state index is 12.4. The molecule has 0 unspecified atom stereocenters. The molecule has 1 aliphatic heterocycles. The van der Waals surface area contributed by atoms with Crippen LogP contribution in [0.1, 0.15) is 55.5 Å². The summed E-state index contributed by atoms with van der Waals surface area (Å²) in [5.74, 6) is 0.745. The summed E-state index contributed by atoms with van der Waals surface area (Å²) in [6.07, 6.45) is 5.78. The van der Waals surface area contributed by atoms with Crippen LogP contribution in [0.15, 0.2) is 40.0 Å².